The second-order valence-corrected chi connectivity index (χ2v) is 5.22. The largest absolute Gasteiger partial charge is 0.389 e. The van der Waals surface area contributed by atoms with Gasteiger partial charge in [0.25, 0.3) is 0 Å². The summed E-state index contributed by atoms with van der Waals surface area (Å²) in [4.78, 5) is 11.9. The molecule has 2 bridgehead atoms. The van der Waals surface area contributed by atoms with Crippen LogP contribution in [-0.2, 0) is 4.79 Å². The number of aliphatic hydroxyl groups is 1. The summed E-state index contributed by atoms with van der Waals surface area (Å²) in [6.07, 6.45) is 2.33. The minimum Gasteiger partial charge on any atom is -0.389 e. The van der Waals surface area contributed by atoms with Crippen LogP contribution in [0.4, 0.5) is 0 Å². The summed E-state index contributed by atoms with van der Waals surface area (Å²) in [6, 6.07) is 0. The Morgan fingerprint density at radius 1 is 1.25 bits per heavy atom. The lowest BCUT2D eigenvalue weighted by molar-refractivity contribution is -0.142. The third-order valence-corrected chi connectivity index (χ3v) is 4.05. The number of hydrogen-bond acceptors (Lipinski definition) is 2. The van der Waals surface area contributed by atoms with E-state index in [4.69, 9.17) is 0 Å². The van der Waals surface area contributed by atoms with E-state index in [9.17, 15) is 9.90 Å². The summed E-state index contributed by atoms with van der Waals surface area (Å²) in [5, 5.41) is 10.2. The first-order chi connectivity index (χ1) is 5.32. The first kappa shape index (κ1) is 8.24. The summed E-state index contributed by atoms with van der Waals surface area (Å²) in [6.45, 7) is 5.74. The van der Waals surface area contributed by atoms with E-state index in [0.717, 1.165) is 12.8 Å². The highest BCUT2D eigenvalue weighted by molar-refractivity contribution is 5.94. The maximum atomic E-state index is 11.9. The van der Waals surface area contributed by atoms with Crippen LogP contribution in [-0.4, -0.2) is 16.5 Å². The van der Waals surface area contributed by atoms with E-state index in [1.165, 1.54) is 0 Å². The maximum Gasteiger partial charge on any atom is 0.147 e. The number of Topliss-reactive ketones (excluding diaryl/α,β-unsaturated/α-hetero) is 1. The normalized spacial score (nSPS) is 50.2. The molecule has 0 aromatic carbocycles. The molecule has 1 N–H and O–H groups in total. The molecule has 2 fully saturated rings. The predicted molar refractivity (Wildman–Crippen MR) is 45.7 cm³/mol. The van der Waals surface area contributed by atoms with Gasteiger partial charge in [0.2, 0.25) is 0 Å². The number of carbonyl (C=O) groups excluding carboxylic acids is 1. The molecule has 0 radical (unpaired) electrons. The average molecular weight is 168 g/mol. The van der Waals surface area contributed by atoms with Gasteiger partial charge in [0, 0.05) is 5.41 Å². The van der Waals surface area contributed by atoms with E-state index >= 15 is 0 Å². The molecule has 0 saturated heterocycles. The van der Waals surface area contributed by atoms with Crippen molar-refractivity contribution < 1.29 is 9.90 Å². The molecule has 0 aromatic heterocycles. The summed E-state index contributed by atoms with van der Waals surface area (Å²) < 4.78 is 0. The Kier molecular flexibility index (Phi) is 1.21. The Labute approximate surface area is 73.0 Å². The van der Waals surface area contributed by atoms with Crippen LogP contribution < -0.4 is 0 Å². The molecule has 2 atom stereocenters. The molecule has 2 nitrogen and oxygen atoms in total. The third kappa shape index (κ3) is 0.634. The third-order valence-electron chi connectivity index (χ3n) is 4.05. The fraction of sp³-hybridized carbons (Fsp3) is 0.900. The summed E-state index contributed by atoms with van der Waals surface area (Å²) in [5.74, 6) is 0.253. The maximum absolute atomic E-state index is 11.9. The molecule has 0 aromatic rings. The molecule has 12 heavy (non-hydrogen) atoms. The van der Waals surface area contributed by atoms with Crippen molar-refractivity contribution in [1.29, 1.82) is 0 Å². The summed E-state index contributed by atoms with van der Waals surface area (Å²) in [7, 11) is 0. The van der Waals surface area contributed by atoms with Crippen LogP contribution in [0.3, 0.4) is 0 Å². The Hall–Kier alpha value is -0.370. The van der Waals surface area contributed by atoms with Gasteiger partial charge in [-0.3, -0.25) is 4.79 Å². The first-order valence-electron chi connectivity index (χ1n) is 4.59. The summed E-state index contributed by atoms with van der Waals surface area (Å²) in [5.41, 5.74) is -1.45. The van der Waals surface area contributed by atoms with Gasteiger partial charge in [-0.05, 0) is 19.3 Å². The zero-order valence-electron chi connectivity index (χ0n) is 7.98. The zero-order chi connectivity index (χ0) is 9.20. The molecular formula is C10H16O2. The highest BCUT2D eigenvalue weighted by atomic mass is 16.3. The quantitative estimate of drug-likeness (QED) is 0.595. The van der Waals surface area contributed by atoms with Crippen LogP contribution in [0.5, 0.6) is 0 Å². The monoisotopic (exact) mass is 168 g/mol. The lowest BCUT2D eigenvalue weighted by Crippen LogP contribution is -2.45. The molecule has 0 unspecified atom stereocenters. The highest BCUT2D eigenvalue weighted by Crippen LogP contribution is 2.62. The number of carbonyl (C=O) groups is 1. The van der Waals surface area contributed by atoms with Crippen molar-refractivity contribution in [3.8, 4) is 0 Å². The van der Waals surface area contributed by atoms with Crippen LogP contribution in [0.1, 0.15) is 40.0 Å². The van der Waals surface area contributed by atoms with E-state index in [0.29, 0.717) is 6.42 Å². The second-order valence-electron chi connectivity index (χ2n) is 5.22. The van der Waals surface area contributed by atoms with Crippen LogP contribution in [0.2, 0.25) is 0 Å². The van der Waals surface area contributed by atoms with E-state index in [-0.39, 0.29) is 11.2 Å². The standard InChI is InChI=1S/C10H16O2/c1-8(2)7(11)9(3)4-5-10(8,12)6-9/h12H,4-6H2,1-3H3/t9-,10-/m0/s1. The van der Waals surface area contributed by atoms with Gasteiger partial charge in [-0.1, -0.05) is 20.8 Å². The van der Waals surface area contributed by atoms with Crippen molar-refractivity contribution in [2.24, 2.45) is 10.8 Å². The molecule has 2 saturated carbocycles. The van der Waals surface area contributed by atoms with Gasteiger partial charge in [0.15, 0.2) is 0 Å². The smallest absolute Gasteiger partial charge is 0.147 e. The molecule has 0 spiro atoms. The van der Waals surface area contributed by atoms with Crippen molar-refractivity contribution in [3.63, 3.8) is 0 Å². The van der Waals surface area contributed by atoms with Gasteiger partial charge in [-0.25, -0.2) is 0 Å². The fourth-order valence-corrected chi connectivity index (χ4v) is 3.00. The minimum atomic E-state index is -0.709. The molecule has 2 rings (SSSR count). The van der Waals surface area contributed by atoms with Crippen LogP contribution >= 0.6 is 0 Å². The van der Waals surface area contributed by atoms with Gasteiger partial charge in [0.1, 0.15) is 5.78 Å². The van der Waals surface area contributed by atoms with Crippen LogP contribution in [0, 0.1) is 10.8 Å². The van der Waals surface area contributed by atoms with E-state index in [2.05, 4.69) is 0 Å². The van der Waals surface area contributed by atoms with Crippen molar-refractivity contribution in [1.82, 2.24) is 0 Å². The molecule has 2 aliphatic carbocycles. The summed E-state index contributed by atoms with van der Waals surface area (Å²) >= 11 is 0. The minimum absolute atomic E-state index is 0.224. The van der Waals surface area contributed by atoms with Crippen molar-refractivity contribution in [2.75, 3.05) is 0 Å². The Bertz CT molecular complexity index is 257. The van der Waals surface area contributed by atoms with Crippen LogP contribution in [0.15, 0.2) is 0 Å². The van der Waals surface area contributed by atoms with Crippen molar-refractivity contribution in [2.45, 2.75) is 45.6 Å². The van der Waals surface area contributed by atoms with Crippen molar-refractivity contribution in [3.05, 3.63) is 0 Å². The van der Waals surface area contributed by atoms with Gasteiger partial charge in [0.05, 0.1) is 11.0 Å². The second kappa shape index (κ2) is 1.77. The molecule has 0 amide bonds. The van der Waals surface area contributed by atoms with Gasteiger partial charge < -0.3 is 5.11 Å². The number of rotatable bonds is 0. The lowest BCUT2D eigenvalue weighted by Gasteiger charge is -2.36. The molecule has 2 aliphatic rings. The SMILES string of the molecule is CC1(C)C(=O)[C@@]2(C)CC[C@]1(O)C2. The Morgan fingerprint density at radius 3 is 2.08 bits per heavy atom. The fourth-order valence-electron chi connectivity index (χ4n) is 3.00. The predicted octanol–water partition coefficient (Wildman–Crippen LogP) is 1.52. The van der Waals surface area contributed by atoms with Crippen molar-refractivity contribution >= 4 is 5.78 Å². The zero-order valence-corrected chi connectivity index (χ0v) is 7.98. The number of hydrogen-bond donors (Lipinski definition) is 1. The molecule has 2 heteroatoms. The van der Waals surface area contributed by atoms with Gasteiger partial charge in [-0.15, -0.1) is 0 Å². The highest BCUT2D eigenvalue weighted by Gasteiger charge is 2.67. The molecule has 0 aliphatic heterocycles. The van der Waals surface area contributed by atoms with E-state index in [1.807, 2.05) is 20.8 Å². The lowest BCUT2D eigenvalue weighted by atomic mass is 9.69. The van der Waals surface area contributed by atoms with Gasteiger partial charge in [-0.2, -0.15) is 0 Å². The number of ketones is 1. The average Bonchev–Trinajstić information content (AvgIpc) is 2.32. The van der Waals surface area contributed by atoms with Gasteiger partial charge >= 0.3 is 0 Å². The first-order valence-corrected chi connectivity index (χ1v) is 4.59. The van der Waals surface area contributed by atoms with Crippen LogP contribution in [0.25, 0.3) is 0 Å². The van der Waals surface area contributed by atoms with E-state index < -0.39 is 11.0 Å². The Balaban J connectivity index is 2.51. The number of fused-ring (bicyclic) bond motifs is 2. The molecular weight excluding hydrogens is 152 g/mol. The molecule has 68 valence electrons. The molecule has 0 heterocycles. The Morgan fingerprint density at radius 2 is 1.83 bits per heavy atom. The van der Waals surface area contributed by atoms with E-state index in [1.54, 1.807) is 0 Å². The topological polar surface area (TPSA) is 37.3 Å².